The first-order valence-electron chi connectivity index (χ1n) is 14.1. The molecule has 0 fully saturated rings. The number of carbonyl (C=O) groups is 2. The summed E-state index contributed by atoms with van der Waals surface area (Å²) in [5.41, 5.74) is 5.70. The van der Waals surface area contributed by atoms with Crippen molar-refractivity contribution in [3.63, 3.8) is 0 Å². The van der Waals surface area contributed by atoms with Crippen molar-refractivity contribution < 1.29 is 14.3 Å². The number of hydrogen-bond donors (Lipinski definition) is 0. The molecule has 0 saturated heterocycles. The minimum atomic E-state index is -0.442. The minimum Gasteiger partial charge on any atom is -0.383 e. The predicted molar refractivity (Wildman–Crippen MR) is 165 cm³/mol. The highest BCUT2D eigenvalue weighted by atomic mass is 16.5. The summed E-state index contributed by atoms with van der Waals surface area (Å²) in [6, 6.07) is 30.1. The van der Waals surface area contributed by atoms with Gasteiger partial charge in [0.1, 0.15) is 6.54 Å². The number of ether oxygens (including phenoxy) is 1. The molecule has 41 heavy (non-hydrogen) atoms. The molecule has 0 radical (unpaired) electrons. The lowest BCUT2D eigenvalue weighted by molar-refractivity contribution is -0.137. The van der Waals surface area contributed by atoms with Crippen LogP contribution in [0.1, 0.15) is 48.0 Å². The summed E-state index contributed by atoms with van der Waals surface area (Å²) in [6.07, 6.45) is 2.05. The number of aryl methyl sites for hydroxylation is 1. The van der Waals surface area contributed by atoms with E-state index in [1.165, 1.54) is 11.1 Å². The van der Waals surface area contributed by atoms with Gasteiger partial charge in [0.2, 0.25) is 5.91 Å². The van der Waals surface area contributed by atoms with Crippen LogP contribution in [0.5, 0.6) is 0 Å². The standard InChI is InChI=1S/C35H41N3O3/c1-27-11-9-12-28(23-27)24-36-20-10-15-32(36)25-38(35(2,3)4)33(39)26-37(21-22-41-5)34(40)31-18-16-30(17-19-31)29-13-7-6-8-14-29/h6-20,23H,21-22,24-26H2,1-5H3. The van der Waals surface area contributed by atoms with E-state index in [1.54, 1.807) is 12.0 Å². The summed E-state index contributed by atoms with van der Waals surface area (Å²) in [5.74, 6) is -0.294. The van der Waals surface area contributed by atoms with Crippen molar-refractivity contribution in [3.8, 4) is 11.1 Å². The highest BCUT2D eigenvalue weighted by Crippen LogP contribution is 2.22. The molecule has 3 aromatic carbocycles. The molecule has 6 heteroatoms. The van der Waals surface area contributed by atoms with Crippen molar-refractivity contribution in [2.24, 2.45) is 0 Å². The van der Waals surface area contributed by atoms with Gasteiger partial charge in [-0.15, -0.1) is 0 Å². The summed E-state index contributed by atoms with van der Waals surface area (Å²) in [4.78, 5) is 30.9. The van der Waals surface area contributed by atoms with Gasteiger partial charge in [-0.3, -0.25) is 9.59 Å². The second kappa shape index (κ2) is 13.5. The van der Waals surface area contributed by atoms with Crippen molar-refractivity contribution in [1.82, 2.24) is 14.4 Å². The van der Waals surface area contributed by atoms with Gasteiger partial charge < -0.3 is 19.1 Å². The molecule has 0 atom stereocenters. The fraction of sp³-hybridized carbons (Fsp3) is 0.314. The zero-order valence-corrected chi connectivity index (χ0v) is 24.8. The van der Waals surface area contributed by atoms with Crippen molar-refractivity contribution in [3.05, 3.63) is 120 Å². The van der Waals surface area contributed by atoms with Crippen LogP contribution in [0.15, 0.2) is 97.2 Å². The van der Waals surface area contributed by atoms with E-state index in [9.17, 15) is 9.59 Å². The lowest BCUT2D eigenvalue weighted by Gasteiger charge is -2.37. The molecule has 0 aliphatic carbocycles. The Hall–Kier alpha value is -4.16. The normalized spacial score (nSPS) is 11.3. The van der Waals surface area contributed by atoms with Gasteiger partial charge in [0.05, 0.1) is 13.2 Å². The quantitative estimate of drug-likeness (QED) is 0.216. The van der Waals surface area contributed by atoms with E-state index >= 15 is 0 Å². The number of hydrogen-bond acceptors (Lipinski definition) is 3. The largest absolute Gasteiger partial charge is 0.383 e. The van der Waals surface area contributed by atoms with Crippen LogP contribution in [0, 0.1) is 6.92 Å². The number of benzene rings is 3. The summed E-state index contributed by atoms with van der Waals surface area (Å²) in [6.45, 7) is 9.99. The Balaban J connectivity index is 1.51. The predicted octanol–water partition coefficient (Wildman–Crippen LogP) is 6.43. The van der Waals surface area contributed by atoms with Gasteiger partial charge in [-0.25, -0.2) is 0 Å². The molecule has 4 aromatic rings. The van der Waals surface area contributed by atoms with Crippen LogP contribution in [0.3, 0.4) is 0 Å². The van der Waals surface area contributed by atoms with E-state index < -0.39 is 5.54 Å². The van der Waals surface area contributed by atoms with Crippen LogP contribution < -0.4 is 0 Å². The second-order valence-corrected chi connectivity index (χ2v) is 11.4. The Morgan fingerprint density at radius 1 is 0.854 bits per heavy atom. The Labute approximate surface area is 244 Å². The Morgan fingerprint density at radius 2 is 1.56 bits per heavy atom. The first-order valence-corrected chi connectivity index (χ1v) is 14.1. The Bertz CT molecular complexity index is 1440. The summed E-state index contributed by atoms with van der Waals surface area (Å²) in [7, 11) is 1.60. The topological polar surface area (TPSA) is 54.8 Å². The number of carbonyl (C=O) groups excluding carboxylic acids is 2. The van der Waals surface area contributed by atoms with E-state index in [0.717, 1.165) is 23.4 Å². The van der Waals surface area contributed by atoms with E-state index in [1.807, 2.05) is 86.3 Å². The first-order chi connectivity index (χ1) is 19.7. The molecule has 0 saturated carbocycles. The smallest absolute Gasteiger partial charge is 0.254 e. The monoisotopic (exact) mass is 551 g/mol. The Kier molecular flexibility index (Phi) is 9.79. The molecule has 0 N–H and O–H groups in total. The third kappa shape index (κ3) is 7.95. The number of aromatic nitrogens is 1. The van der Waals surface area contributed by atoms with E-state index in [4.69, 9.17) is 4.74 Å². The summed E-state index contributed by atoms with van der Waals surface area (Å²) in [5, 5.41) is 0. The van der Waals surface area contributed by atoms with Crippen LogP contribution in [-0.2, 0) is 22.6 Å². The maximum atomic E-state index is 13.9. The zero-order valence-electron chi connectivity index (χ0n) is 24.8. The van der Waals surface area contributed by atoms with Gasteiger partial charge in [-0.1, -0.05) is 72.3 Å². The van der Waals surface area contributed by atoms with Gasteiger partial charge >= 0.3 is 0 Å². The molecule has 0 spiro atoms. The number of nitrogens with zero attached hydrogens (tertiary/aromatic N) is 3. The van der Waals surface area contributed by atoms with Crippen molar-refractivity contribution in [2.75, 3.05) is 26.8 Å². The van der Waals surface area contributed by atoms with E-state index in [2.05, 4.69) is 48.0 Å². The fourth-order valence-corrected chi connectivity index (χ4v) is 4.94. The molecular weight excluding hydrogens is 510 g/mol. The molecule has 0 aliphatic heterocycles. The first kappa shape index (κ1) is 29.8. The van der Waals surface area contributed by atoms with Crippen LogP contribution >= 0.6 is 0 Å². The maximum absolute atomic E-state index is 13.9. The van der Waals surface area contributed by atoms with E-state index in [0.29, 0.717) is 25.3 Å². The van der Waals surface area contributed by atoms with Gasteiger partial charge in [-0.05, 0) is 68.7 Å². The second-order valence-electron chi connectivity index (χ2n) is 11.4. The molecule has 0 bridgehead atoms. The Morgan fingerprint density at radius 3 is 2.22 bits per heavy atom. The molecule has 0 unspecified atom stereocenters. The lowest BCUT2D eigenvalue weighted by Crippen LogP contribution is -2.50. The average Bonchev–Trinajstić information content (AvgIpc) is 3.39. The van der Waals surface area contributed by atoms with Gasteiger partial charge in [-0.2, -0.15) is 0 Å². The van der Waals surface area contributed by atoms with Crippen molar-refractivity contribution in [2.45, 2.75) is 46.3 Å². The molecule has 214 valence electrons. The molecule has 1 heterocycles. The van der Waals surface area contributed by atoms with Gasteiger partial charge in [0.15, 0.2) is 0 Å². The average molecular weight is 552 g/mol. The van der Waals surface area contributed by atoms with Crippen LogP contribution in [-0.4, -0.2) is 58.5 Å². The highest BCUT2D eigenvalue weighted by molar-refractivity contribution is 5.97. The molecule has 2 amide bonds. The molecule has 1 aromatic heterocycles. The van der Waals surface area contributed by atoms with Crippen LogP contribution in [0.4, 0.5) is 0 Å². The van der Waals surface area contributed by atoms with Crippen molar-refractivity contribution >= 4 is 11.8 Å². The number of amides is 2. The van der Waals surface area contributed by atoms with E-state index in [-0.39, 0.29) is 18.4 Å². The van der Waals surface area contributed by atoms with Crippen molar-refractivity contribution in [1.29, 1.82) is 0 Å². The third-order valence-electron chi connectivity index (χ3n) is 7.21. The zero-order chi connectivity index (χ0) is 29.4. The molecule has 4 rings (SSSR count). The molecular formula is C35H41N3O3. The van der Waals surface area contributed by atoms with Gasteiger partial charge in [0.25, 0.3) is 5.91 Å². The highest BCUT2D eigenvalue weighted by Gasteiger charge is 2.30. The number of rotatable bonds is 11. The SMILES string of the molecule is COCCN(CC(=O)N(Cc1cccn1Cc1cccc(C)c1)C(C)(C)C)C(=O)c1ccc(-c2ccccc2)cc1. The summed E-state index contributed by atoms with van der Waals surface area (Å²) >= 11 is 0. The van der Waals surface area contributed by atoms with Crippen LogP contribution in [0.25, 0.3) is 11.1 Å². The molecule has 0 aliphatic rings. The lowest BCUT2D eigenvalue weighted by atomic mass is 10.0. The number of methoxy groups -OCH3 is 1. The fourth-order valence-electron chi connectivity index (χ4n) is 4.94. The maximum Gasteiger partial charge on any atom is 0.254 e. The third-order valence-corrected chi connectivity index (χ3v) is 7.21. The van der Waals surface area contributed by atoms with Crippen LogP contribution in [0.2, 0.25) is 0 Å². The minimum absolute atomic E-state index is 0.0293. The molecule has 6 nitrogen and oxygen atoms in total. The van der Waals surface area contributed by atoms with Gasteiger partial charge in [0, 0.05) is 43.2 Å². The summed E-state index contributed by atoms with van der Waals surface area (Å²) < 4.78 is 7.47.